The molecule has 3 nitrogen and oxygen atoms in total. The molecule has 106 valence electrons. The zero-order valence-corrected chi connectivity index (χ0v) is 12.2. The lowest BCUT2D eigenvalue weighted by Gasteiger charge is -2.35. The Morgan fingerprint density at radius 1 is 1.11 bits per heavy atom. The van der Waals surface area contributed by atoms with E-state index in [-0.39, 0.29) is 0 Å². The topological polar surface area (TPSA) is 15.7 Å². The Kier molecular flexibility index (Phi) is 5.93. The van der Waals surface area contributed by atoms with Crippen LogP contribution < -0.4 is 0 Å². The summed E-state index contributed by atoms with van der Waals surface area (Å²) >= 11 is 0. The minimum absolute atomic E-state index is 0.838. The average molecular weight is 254 g/mol. The minimum Gasteiger partial charge on any atom is -0.385 e. The highest BCUT2D eigenvalue weighted by atomic mass is 16.5. The van der Waals surface area contributed by atoms with Crippen molar-refractivity contribution >= 4 is 0 Å². The summed E-state index contributed by atoms with van der Waals surface area (Å²) in [4.78, 5) is 5.36. The zero-order valence-electron chi connectivity index (χ0n) is 12.2. The van der Waals surface area contributed by atoms with Crippen LogP contribution in [0.3, 0.4) is 0 Å². The third-order valence-corrected chi connectivity index (χ3v) is 4.81. The van der Waals surface area contributed by atoms with Gasteiger partial charge in [-0.05, 0) is 64.2 Å². The van der Waals surface area contributed by atoms with Gasteiger partial charge in [0.15, 0.2) is 0 Å². The molecule has 2 aliphatic heterocycles. The molecule has 0 N–H and O–H groups in total. The van der Waals surface area contributed by atoms with Gasteiger partial charge in [0, 0.05) is 26.3 Å². The Hall–Kier alpha value is -0.120. The van der Waals surface area contributed by atoms with Crippen molar-refractivity contribution in [3.8, 4) is 0 Å². The second kappa shape index (κ2) is 7.46. The molecule has 0 amide bonds. The van der Waals surface area contributed by atoms with Gasteiger partial charge in [0.2, 0.25) is 0 Å². The summed E-state index contributed by atoms with van der Waals surface area (Å²) in [6.45, 7) is 9.72. The van der Waals surface area contributed by atoms with Crippen molar-refractivity contribution in [3.05, 3.63) is 0 Å². The fourth-order valence-electron chi connectivity index (χ4n) is 3.56. The molecule has 0 aromatic heterocycles. The highest BCUT2D eigenvalue weighted by Crippen LogP contribution is 2.23. The van der Waals surface area contributed by atoms with Crippen LogP contribution in [0.15, 0.2) is 0 Å². The van der Waals surface area contributed by atoms with E-state index >= 15 is 0 Å². The van der Waals surface area contributed by atoms with Crippen LogP contribution in [0.2, 0.25) is 0 Å². The molecule has 2 aliphatic rings. The highest BCUT2D eigenvalue weighted by molar-refractivity contribution is 4.83. The molecule has 0 bridgehead atoms. The second-order valence-electron chi connectivity index (χ2n) is 5.95. The fourth-order valence-corrected chi connectivity index (χ4v) is 3.56. The summed E-state index contributed by atoms with van der Waals surface area (Å²) in [6.07, 6.45) is 6.83. The standard InChI is InChI=1S/C15H30N2O/c1-3-17-9-4-5-15(17)13-16-10-6-14(7-11-16)8-12-18-2/h14-15H,3-13H2,1-2H3. The number of piperidine rings is 1. The Labute approximate surface area is 112 Å². The summed E-state index contributed by atoms with van der Waals surface area (Å²) in [5.74, 6) is 0.909. The van der Waals surface area contributed by atoms with Crippen molar-refractivity contribution in [1.82, 2.24) is 9.80 Å². The monoisotopic (exact) mass is 254 g/mol. The van der Waals surface area contributed by atoms with Crippen LogP contribution in [0.5, 0.6) is 0 Å². The zero-order chi connectivity index (χ0) is 12.8. The summed E-state index contributed by atoms with van der Waals surface area (Å²) in [5, 5.41) is 0. The number of nitrogens with zero attached hydrogens (tertiary/aromatic N) is 2. The molecular formula is C15H30N2O. The van der Waals surface area contributed by atoms with E-state index in [9.17, 15) is 0 Å². The normalized spacial score (nSPS) is 28.0. The molecule has 2 heterocycles. The van der Waals surface area contributed by atoms with E-state index in [1.54, 1.807) is 0 Å². The van der Waals surface area contributed by atoms with Crippen molar-refractivity contribution < 1.29 is 4.74 Å². The molecule has 18 heavy (non-hydrogen) atoms. The van der Waals surface area contributed by atoms with Gasteiger partial charge in [-0.15, -0.1) is 0 Å². The van der Waals surface area contributed by atoms with Crippen LogP contribution in [0, 0.1) is 5.92 Å². The van der Waals surface area contributed by atoms with Crippen LogP contribution in [-0.2, 0) is 4.74 Å². The molecule has 0 aromatic carbocycles. The van der Waals surface area contributed by atoms with Crippen LogP contribution in [0.1, 0.15) is 39.0 Å². The number of methoxy groups -OCH3 is 1. The van der Waals surface area contributed by atoms with Gasteiger partial charge in [-0.2, -0.15) is 0 Å². The lowest BCUT2D eigenvalue weighted by molar-refractivity contribution is 0.114. The third kappa shape index (κ3) is 3.94. The Balaban J connectivity index is 1.67. The summed E-state index contributed by atoms with van der Waals surface area (Å²) in [7, 11) is 1.81. The average Bonchev–Trinajstić information content (AvgIpc) is 2.85. The van der Waals surface area contributed by atoms with E-state index in [4.69, 9.17) is 4.74 Å². The molecule has 0 radical (unpaired) electrons. The number of ether oxygens (including phenoxy) is 1. The summed E-state index contributed by atoms with van der Waals surface area (Å²) in [6, 6.07) is 0.838. The molecule has 2 saturated heterocycles. The summed E-state index contributed by atoms with van der Waals surface area (Å²) in [5.41, 5.74) is 0. The fraction of sp³-hybridized carbons (Fsp3) is 1.00. The van der Waals surface area contributed by atoms with Gasteiger partial charge >= 0.3 is 0 Å². The number of hydrogen-bond acceptors (Lipinski definition) is 3. The van der Waals surface area contributed by atoms with Crippen LogP contribution in [0.25, 0.3) is 0 Å². The predicted molar refractivity (Wildman–Crippen MR) is 75.9 cm³/mol. The quantitative estimate of drug-likeness (QED) is 0.723. The first-order chi connectivity index (χ1) is 8.83. The van der Waals surface area contributed by atoms with Crippen LogP contribution in [-0.4, -0.2) is 62.3 Å². The van der Waals surface area contributed by atoms with Crippen LogP contribution in [0.4, 0.5) is 0 Å². The van der Waals surface area contributed by atoms with Gasteiger partial charge in [-0.3, -0.25) is 4.90 Å². The molecule has 1 unspecified atom stereocenters. The van der Waals surface area contributed by atoms with E-state index in [0.29, 0.717) is 0 Å². The third-order valence-electron chi connectivity index (χ3n) is 4.81. The molecule has 0 aliphatic carbocycles. The maximum atomic E-state index is 5.19. The lowest BCUT2D eigenvalue weighted by atomic mass is 9.93. The first kappa shape index (κ1) is 14.3. The van der Waals surface area contributed by atoms with Crippen LogP contribution >= 0.6 is 0 Å². The first-order valence-corrected chi connectivity index (χ1v) is 7.78. The van der Waals surface area contributed by atoms with Gasteiger partial charge in [-0.1, -0.05) is 6.92 Å². The van der Waals surface area contributed by atoms with Crippen molar-refractivity contribution in [2.75, 3.05) is 46.4 Å². The Bertz CT molecular complexity index is 227. The second-order valence-corrected chi connectivity index (χ2v) is 5.95. The maximum Gasteiger partial charge on any atom is 0.0464 e. The van der Waals surface area contributed by atoms with E-state index < -0.39 is 0 Å². The largest absolute Gasteiger partial charge is 0.385 e. The van der Waals surface area contributed by atoms with Crippen molar-refractivity contribution in [2.24, 2.45) is 5.92 Å². The molecule has 1 atom stereocenters. The number of hydrogen-bond donors (Lipinski definition) is 0. The molecule has 3 heteroatoms. The highest BCUT2D eigenvalue weighted by Gasteiger charge is 2.27. The van der Waals surface area contributed by atoms with Gasteiger partial charge in [-0.25, -0.2) is 0 Å². The molecule has 2 fully saturated rings. The van der Waals surface area contributed by atoms with Gasteiger partial charge in [0.1, 0.15) is 0 Å². The minimum atomic E-state index is 0.838. The Morgan fingerprint density at radius 2 is 1.89 bits per heavy atom. The number of likely N-dealkylation sites (N-methyl/N-ethyl adjacent to an activating group) is 1. The SMILES string of the molecule is CCN1CCCC1CN1CCC(CCOC)CC1. The van der Waals surface area contributed by atoms with Gasteiger partial charge in [0.05, 0.1) is 0 Å². The van der Waals surface area contributed by atoms with Crippen molar-refractivity contribution in [3.63, 3.8) is 0 Å². The van der Waals surface area contributed by atoms with E-state index in [1.165, 1.54) is 64.8 Å². The number of likely N-dealkylation sites (tertiary alicyclic amines) is 2. The molecule has 0 aromatic rings. The Morgan fingerprint density at radius 3 is 2.56 bits per heavy atom. The molecular weight excluding hydrogens is 224 g/mol. The van der Waals surface area contributed by atoms with E-state index in [0.717, 1.165) is 18.6 Å². The maximum absolute atomic E-state index is 5.19. The predicted octanol–water partition coefficient (Wildman–Crippen LogP) is 2.22. The molecule has 0 saturated carbocycles. The molecule has 2 rings (SSSR count). The van der Waals surface area contributed by atoms with E-state index in [2.05, 4.69) is 16.7 Å². The summed E-state index contributed by atoms with van der Waals surface area (Å²) < 4.78 is 5.19. The van der Waals surface area contributed by atoms with Gasteiger partial charge < -0.3 is 9.64 Å². The first-order valence-electron chi connectivity index (χ1n) is 7.78. The van der Waals surface area contributed by atoms with Crippen molar-refractivity contribution in [1.29, 1.82) is 0 Å². The number of rotatable bonds is 6. The lowest BCUT2D eigenvalue weighted by Crippen LogP contribution is -2.43. The van der Waals surface area contributed by atoms with Crippen molar-refractivity contribution in [2.45, 2.75) is 45.1 Å². The van der Waals surface area contributed by atoms with E-state index in [1.807, 2.05) is 7.11 Å². The molecule has 0 spiro atoms. The van der Waals surface area contributed by atoms with Gasteiger partial charge in [0.25, 0.3) is 0 Å². The smallest absolute Gasteiger partial charge is 0.0464 e.